The minimum atomic E-state index is -3.68. The van der Waals surface area contributed by atoms with E-state index < -0.39 is 10.0 Å². The molecule has 0 aromatic heterocycles. The van der Waals surface area contributed by atoms with Crippen LogP contribution in [0, 0.1) is 0 Å². The molecule has 0 aliphatic carbocycles. The van der Waals surface area contributed by atoms with Gasteiger partial charge in [-0.05, 0) is 25.0 Å². The number of rotatable bonds is 6. The van der Waals surface area contributed by atoms with Crippen molar-refractivity contribution in [1.29, 1.82) is 0 Å². The predicted molar refractivity (Wildman–Crippen MR) is 83.4 cm³/mol. The zero-order chi connectivity index (χ0) is 14.6. The van der Waals surface area contributed by atoms with Crippen molar-refractivity contribution in [2.45, 2.75) is 17.7 Å². The van der Waals surface area contributed by atoms with Crippen molar-refractivity contribution in [3.05, 3.63) is 39.3 Å². The molecule has 1 rings (SSSR count). The van der Waals surface area contributed by atoms with Gasteiger partial charge in [0.25, 0.3) is 0 Å². The summed E-state index contributed by atoms with van der Waals surface area (Å²) in [5.74, 6) is 0. The molecule has 0 fully saturated rings. The summed E-state index contributed by atoms with van der Waals surface area (Å²) in [6.07, 6.45) is 3.20. The molecule has 0 atom stereocenters. The summed E-state index contributed by atoms with van der Waals surface area (Å²) < 4.78 is 26.7. The summed E-state index contributed by atoms with van der Waals surface area (Å²) in [6.45, 7) is 3.99. The van der Waals surface area contributed by atoms with E-state index in [1.54, 1.807) is 6.08 Å². The van der Waals surface area contributed by atoms with Crippen LogP contribution in [0.3, 0.4) is 0 Å². The Morgan fingerprint density at radius 3 is 2.37 bits per heavy atom. The maximum Gasteiger partial charge on any atom is 0.245 e. The molecule has 0 saturated carbocycles. The molecule has 0 aliphatic rings. The zero-order valence-electron chi connectivity index (χ0n) is 10.4. The number of allylic oxidation sites excluding steroid dienone is 1. The lowest BCUT2D eigenvalue weighted by molar-refractivity contribution is 0.463. The van der Waals surface area contributed by atoms with Gasteiger partial charge in [0.2, 0.25) is 10.0 Å². The third-order valence-corrected chi connectivity index (χ3v) is 5.75. The van der Waals surface area contributed by atoms with Crippen LogP contribution in [0.15, 0.2) is 34.2 Å². The lowest BCUT2D eigenvalue weighted by Gasteiger charge is -2.18. The van der Waals surface area contributed by atoms with Crippen molar-refractivity contribution in [3.63, 3.8) is 0 Å². The molecular formula is C12H14BrCl2NO2S. The summed E-state index contributed by atoms with van der Waals surface area (Å²) in [5.41, 5.74) is 0. The molecule has 0 spiro atoms. The molecule has 3 nitrogen and oxygen atoms in total. The van der Waals surface area contributed by atoms with Gasteiger partial charge < -0.3 is 0 Å². The average molecular weight is 387 g/mol. The predicted octanol–water partition coefficient (Wildman–Crippen LogP) is 4.34. The van der Waals surface area contributed by atoms with Crippen LogP contribution >= 0.6 is 39.1 Å². The second-order valence-electron chi connectivity index (χ2n) is 3.96. The van der Waals surface area contributed by atoms with Crippen LogP contribution < -0.4 is 0 Å². The molecule has 1 aromatic rings. The quantitative estimate of drug-likeness (QED) is 0.538. The maximum absolute atomic E-state index is 12.4. The Morgan fingerprint density at radius 2 is 1.89 bits per heavy atom. The summed E-state index contributed by atoms with van der Waals surface area (Å²) in [5, 5.41) is 0.213. The standard InChI is InChI=1S/C12H14BrCl2NO2S/c1-3-4-5-6-16(2)19(17,18)12-10(14)7-9(13)8-11(12)15/h3,7-8H,1,4-6H2,2H3. The molecule has 7 heteroatoms. The first-order valence-electron chi connectivity index (χ1n) is 5.52. The molecule has 0 N–H and O–H groups in total. The second kappa shape index (κ2) is 7.09. The van der Waals surface area contributed by atoms with E-state index in [4.69, 9.17) is 23.2 Å². The van der Waals surface area contributed by atoms with Gasteiger partial charge in [0, 0.05) is 18.1 Å². The van der Waals surface area contributed by atoms with Gasteiger partial charge in [-0.25, -0.2) is 12.7 Å². The molecule has 0 heterocycles. The molecule has 1 aromatic carbocycles. The van der Waals surface area contributed by atoms with Crippen molar-refractivity contribution in [3.8, 4) is 0 Å². The van der Waals surface area contributed by atoms with Crippen LogP contribution in [0.1, 0.15) is 12.8 Å². The summed E-state index contributed by atoms with van der Waals surface area (Å²) in [7, 11) is -2.18. The Morgan fingerprint density at radius 1 is 1.37 bits per heavy atom. The van der Waals surface area contributed by atoms with Gasteiger partial charge >= 0.3 is 0 Å². The van der Waals surface area contributed by atoms with E-state index in [0.717, 1.165) is 6.42 Å². The smallest absolute Gasteiger partial charge is 0.207 e. The highest BCUT2D eigenvalue weighted by atomic mass is 79.9. The highest BCUT2D eigenvalue weighted by Crippen LogP contribution is 2.34. The van der Waals surface area contributed by atoms with Crippen molar-refractivity contribution >= 4 is 49.2 Å². The lowest BCUT2D eigenvalue weighted by Crippen LogP contribution is -2.28. The number of benzene rings is 1. The van der Waals surface area contributed by atoms with Gasteiger partial charge in [-0.1, -0.05) is 45.2 Å². The molecule has 0 bridgehead atoms. The fraction of sp³-hybridized carbons (Fsp3) is 0.333. The maximum atomic E-state index is 12.4. The summed E-state index contributed by atoms with van der Waals surface area (Å²) >= 11 is 15.2. The number of halogens is 3. The van der Waals surface area contributed by atoms with E-state index in [9.17, 15) is 8.42 Å². The van der Waals surface area contributed by atoms with Gasteiger partial charge in [0.1, 0.15) is 4.90 Å². The molecule has 0 unspecified atom stereocenters. The highest BCUT2D eigenvalue weighted by Gasteiger charge is 2.26. The first kappa shape index (κ1) is 17.0. The minimum absolute atomic E-state index is 0.0554. The first-order chi connectivity index (χ1) is 8.80. The fourth-order valence-electron chi connectivity index (χ4n) is 1.51. The molecule has 0 aliphatic heterocycles. The highest BCUT2D eigenvalue weighted by molar-refractivity contribution is 9.10. The van der Waals surface area contributed by atoms with Crippen LogP contribution in [0.5, 0.6) is 0 Å². The Kier molecular flexibility index (Phi) is 6.33. The summed E-state index contributed by atoms with van der Waals surface area (Å²) in [6, 6.07) is 3.02. The number of unbranched alkanes of at least 4 members (excludes halogenated alkanes) is 1. The molecular weight excluding hydrogens is 373 g/mol. The average Bonchev–Trinajstić information content (AvgIpc) is 2.27. The Hall–Kier alpha value is -0.0700. The topological polar surface area (TPSA) is 37.4 Å². The SMILES string of the molecule is C=CCCCN(C)S(=O)(=O)c1c(Cl)cc(Br)cc1Cl. The van der Waals surface area contributed by atoms with Crippen LogP contribution in [0.2, 0.25) is 10.0 Å². The monoisotopic (exact) mass is 385 g/mol. The second-order valence-corrected chi connectivity index (χ2v) is 7.67. The van der Waals surface area contributed by atoms with Crippen LogP contribution in [0.25, 0.3) is 0 Å². The molecule has 19 heavy (non-hydrogen) atoms. The van der Waals surface area contributed by atoms with Crippen LogP contribution in [0.4, 0.5) is 0 Å². The van der Waals surface area contributed by atoms with E-state index in [0.29, 0.717) is 17.4 Å². The first-order valence-corrected chi connectivity index (χ1v) is 8.51. The summed E-state index contributed by atoms with van der Waals surface area (Å²) in [4.78, 5) is -0.0554. The Labute approximate surface area is 132 Å². The van der Waals surface area contributed by atoms with E-state index in [1.807, 2.05) is 0 Å². The number of sulfonamides is 1. The minimum Gasteiger partial charge on any atom is -0.207 e. The third kappa shape index (κ3) is 4.20. The van der Waals surface area contributed by atoms with E-state index >= 15 is 0 Å². The van der Waals surface area contributed by atoms with Crippen LogP contribution in [-0.4, -0.2) is 26.3 Å². The van der Waals surface area contributed by atoms with Crippen molar-refractivity contribution in [2.24, 2.45) is 0 Å². The van der Waals surface area contributed by atoms with Gasteiger partial charge in [0.05, 0.1) is 10.0 Å². The lowest BCUT2D eigenvalue weighted by atomic mass is 10.3. The van der Waals surface area contributed by atoms with Gasteiger partial charge in [-0.3, -0.25) is 0 Å². The van der Waals surface area contributed by atoms with Crippen molar-refractivity contribution in [2.75, 3.05) is 13.6 Å². The van der Waals surface area contributed by atoms with Crippen molar-refractivity contribution in [1.82, 2.24) is 4.31 Å². The molecule has 0 saturated heterocycles. The Balaban J connectivity index is 3.10. The Bertz CT molecular complexity index is 552. The molecule has 106 valence electrons. The van der Waals surface area contributed by atoms with Gasteiger partial charge in [-0.15, -0.1) is 6.58 Å². The van der Waals surface area contributed by atoms with Gasteiger partial charge in [0.15, 0.2) is 0 Å². The largest absolute Gasteiger partial charge is 0.245 e. The van der Waals surface area contributed by atoms with Crippen LogP contribution in [-0.2, 0) is 10.0 Å². The van der Waals surface area contributed by atoms with E-state index in [2.05, 4.69) is 22.5 Å². The normalized spacial score (nSPS) is 11.8. The zero-order valence-corrected chi connectivity index (χ0v) is 14.3. The third-order valence-electron chi connectivity index (χ3n) is 2.51. The molecule has 0 amide bonds. The molecule has 0 radical (unpaired) electrons. The van der Waals surface area contributed by atoms with Gasteiger partial charge in [-0.2, -0.15) is 0 Å². The van der Waals surface area contributed by atoms with E-state index in [-0.39, 0.29) is 14.9 Å². The fourth-order valence-corrected chi connectivity index (χ4v) is 4.60. The number of nitrogens with zero attached hydrogens (tertiary/aromatic N) is 1. The number of hydrogen-bond acceptors (Lipinski definition) is 2. The van der Waals surface area contributed by atoms with E-state index in [1.165, 1.54) is 23.5 Å². The van der Waals surface area contributed by atoms with Crippen molar-refractivity contribution < 1.29 is 8.42 Å². The number of hydrogen-bond donors (Lipinski definition) is 0.